The van der Waals surface area contributed by atoms with Crippen molar-refractivity contribution in [3.63, 3.8) is 0 Å². The summed E-state index contributed by atoms with van der Waals surface area (Å²) in [5, 5.41) is 11.2. The van der Waals surface area contributed by atoms with Crippen LogP contribution in [0.25, 0.3) is 11.0 Å². The van der Waals surface area contributed by atoms with Crippen molar-refractivity contribution in [1.29, 1.82) is 0 Å². The summed E-state index contributed by atoms with van der Waals surface area (Å²) in [6.07, 6.45) is -0.113. The second kappa shape index (κ2) is 5.00. The van der Waals surface area contributed by atoms with Gasteiger partial charge in [0.05, 0.1) is 4.34 Å². The predicted octanol–water partition coefficient (Wildman–Crippen LogP) is 4.73. The molecular weight excluding hydrogens is 280 g/mol. The predicted molar refractivity (Wildman–Crippen MR) is 78.9 cm³/mol. The van der Waals surface area contributed by atoms with Crippen LogP contribution in [0.3, 0.4) is 0 Å². The Bertz CT molecular complexity index is 714. The molecule has 0 aliphatic rings. The van der Waals surface area contributed by atoms with Gasteiger partial charge in [0.2, 0.25) is 0 Å². The molecule has 0 bridgehead atoms. The van der Waals surface area contributed by atoms with E-state index in [1.807, 2.05) is 37.3 Å². The summed E-state index contributed by atoms with van der Waals surface area (Å²) in [5.41, 5.74) is 1.99. The fraction of sp³-hybridized carbons (Fsp3) is 0.200. The van der Waals surface area contributed by atoms with Gasteiger partial charge in [-0.2, -0.15) is 0 Å². The van der Waals surface area contributed by atoms with Crippen molar-refractivity contribution in [2.45, 2.75) is 19.4 Å². The van der Waals surface area contributed by atoms with Gasteiger partial charge in [0, 0.05) is 16.7 Å². The number of halogens is 1. The largest absolute Gasteiger partial charge is 0.458 e. The lowest BCUT2D eigenvalue weighted by Gasteiger charge is -2.04. The van der Waals surface area contributed by atoms with E-state index < -0.39 is 6.10 Å². The summed E-state index contributed by atoms with van der Waals surface area (Å²) >= 11 is 7.37. The van der Waals surface area contributed by atoms with Crippen LogP contribution in [0, 0.1) is 6.92 Å². The molecule has 0 saturated heterocycles. The number of aryl methyl sites for hydroxylation is 1. The zero-order valence-corrected chi connectivity index (χ0v) is 12.0. The third kappa shape index (κ3) is 2.68. The standard InChI is InChI=1S/C15H13ClO2S/c1-9-2-4-13-10(6-9)7-14(18-13)12(17)8-11-3-5-15(16)19-11/h2-7,12,17H,8H2,1H3. The number of furan rings is 1. The Morgan fingerprint density at radius 1 is 1.26 bits per heavy atom. The molecule has 0 amide bonds. The number of benzene rings is 1. The van der Waals surface area contributed by atoms with E-state index in [9.17, 15) is 5.11 Å². The van der Waals surface area contributed by atoms with Gasteiger partial charge in [-0.25, -0.2) is 0 Å². The Kier molecular flexibility index (Phi) is 3.35. The molecule has 0 aliphatic carbocycles. The van der Waals surface area contributed by atoms with E-state index in [2.05, 4.69) is 6.07 Å². The van der Waals surface area contributed by atoms with E-state index in [0.29, 0.717) is 12.2 Å². The van der Waals surface area contributed by atoms with Crippen molar-refractivity contribution in [2.75, 3.05) is 0 Å². The van der Waals surface area contributed by atoms with Gasteiger partial charge in [0.25, 0.3) is 0 Å². The zero-order chi connectivity index (χ0) is 13.4. The minimum atomic E-state index is -0.637. The Morgan fingerprint density at radius 3 is 2.84 bits per heavy atom. The second-order valence-corrected chi connectivity index (χ2v) is 6.42. The topological polar surface area (TPSA) is 33.4 Å². The van der Waals surface area contributed by atoms with Crippen LogP contribution in [-0.4, -0.2) is 5.11 Å². The van der Waals surface area contributed by atoms with Crippen LogP contribution in [0.2, 0.25) is 4.34 Å². The van der Waals surface area contributed by atoms with E-state index in [0.717, 1.165) is 20.2 Å². The number of hydrogen-bond acceptors (Lipinski definition) is 3. The molecule has 0 fully saturated rings. The van der Waals surface area contributed by atoms with E-state index in [-0.39, 0.29) is 0 Å². The van der Waals surface area contributed by atoms with Gasteiger partial charge in [0.15, 0.2) is 0 Å². The molecule has 1 atom stereocenters. The quantitative estimate of drug-likeness (QED) is 0.757. The van der Waals surface area contributed by atoms with Gasteiger partial charge >= 0.3 is 0 Å². The molecule has 98 valence electrons. The molecule has 19 heavy (non-hydrogen) atoms. The average molecular weight is 293 g/mol. The van der Waals surface area contributed by atoms with E-state index in [1.54, 1.807) is 0 Å². The maximum absolute atomic E-state index is 10.2. The Labute approximate surface area is 120 Å². The zero-order valence-electron chi connectivity index (χ0n) is 10.4. The van der Waals surface area contributed by atoms with Gasteiger partial charge in [-0.1, -0.05) is 23.2 Å². The highest BCUT2D eigenvalue weighted by Crippen LogP contribution is 2.29. The van der Waals surface area contributed by atoms with Crippen LogP contribution in [0.5, 0.6) is 0 Å². The number of aliphatic hydroxyl groups excluding tert-OH is 1. The summed E-state index contributed by atoms with van der Waals surface area (Å²) in [6.45, 7) is 2.04. The normalized spacial score (nSPS) is 13.0. The number of hydrogen-bond donors (Lipinski definition) is 1. The molecule has 1 unspecified atom stereocenters. The number of fused-ring (bicyclic) bond motifs is 1. The monoisotopic (exact) mass is 292 g/mol. The van der Waals surface area contributed by atoms with Crippen molar-refractivity contribution in [1.82, 2.24) is 0 Å². The lowest BCUT2D eigenvalue weighted by atomic mass is 10.1. The number of aliphatic hydroxyl groups is 1. The van der Waals surface area contributed by atoms with Crippen LogP contribution in [0.1, 0.15) is 22.3 Å². The second-order valence-electron chi connectivity index (χ2n) is 4.62. The maximum atomic E-state index is 10.2. The first-order valence-corrected chi connectivity index (χ1v) is 7.23. The molecule has 0 aliphatic heterocycles. The Hall–Kier alpha value is -1.29. The highest BCUT2D eigenvalue weighted by atomic mass is 35.5. The first-order chi connectivity index (χ1) is 9.11. The molecule has 2 aromatic heterocycles. The van der Waals surface area contributed by atoms with Crippen LogP contribution in [-0.2, 0) is 6.42 Å². The molecule has 3 aromatic rings. The van der Waals surface area contributed by atoms with E-state index in [1.165, 1.54) is 16.9 Å². The Balaban J connectivity index is 1.86. The van der Waals surface area contributed by atoms with Gasteiger partial charge < -0.3 is 9.52 Å². The summed E-state index contributed by atoms with van der Waals surface area (Å²) in [5.74, 6) is 0.602. The molecule has 2 heterocycles. The van der Waals surface area contributed by atoms with Crippen LogP contribution >= 0.6 is 22.9 Å². The fourth-order valence-electron chi connectivity index (χ4n) is 2.10. The summed E-state index contributed by atoms with van der Waals surface area (Å²) in [4.78, 5) is 1.05. The number of rotatable bonds is 3. The molecular formula is C15H13ClO2S. The van der Waals surface area contributed by atoms with Crippen LogP contribution in [0.4, 0.5) is 0 Å². The van der Waals surface area contributed by atoms with Crippen LogP contribution < -0.4 is 0 Å². The highest BCUT2D eigenvalue weighted by molar-refractivity contribution is 7.16. The first kappa shape index (κ1) is 12.7. The summed E-state index contributed by atoms with van der Waals surface area (Å²) in [7, 11) is 0. The maximum Gasteiger partial charge on any atom is 0.134 e. The molecule has 1 N–H and O–H groups in total. The van der Waals surface area contributed by atoms with Crippen molar-refractivity contribution < 1.29 is 9.52 Å². The summed E-state index contributed by atoms with van der Waals surface area (Å²) in [6, 6.07) is 11.7. The lowest BCUT2D eigenvalue weighted by Crippen LogP contribution is -1.98. The first-order valence-electron chi connectivity index (χ1n) is 6.04. The third-order valence-electron chi connectivity index (χ3n) is 3.04. The van der Waals surface area contributed by atoms with Crippen molar-refractivity contribution in [3.8, 4) is 0 Å². The van der Waals surface area contributed by atoms with Crippen molar-refractivity contribution >= 4 is 33.9 Å². The summed E-state index contributed by atoms with van der Waals surface area (Å²) < 4.78 is 6.42. The SMILES string of the molecule is Cc1ccc2oc(C(O)Cc3ccc(Cl)s3)cc2c1. The van der Waals surface area contributed by atoms with Crippen LogP contribution in [0.15, 0.2) is 40.8 Å². The van der Waals surface area contributed by atoms with Gasteiger partial charge in [-0.05, 0) is 37.3 Å². The highest BCUT2D eigenvalue weighted by Gasteiger charge is 2.15. The van der Waals surface area contributed by atoms with E-state index >= 15 is 0 Å². The minimum absolute atomic E-state index is 0.524. The molecule has 3 rings (SSSR count). The fourth-order valence-corrected chi connectivity index (χ4v) is 3.22. The lowest BCUT2D eigenvalue weighted by molar-refractivity contribution is 0.153. The molecule has 0 saturated carbocycles. The van der Waals surface area contributed by atoms with Crippen molar-refractivity contribution in [2.24, 2.45) is 0 Å². The van der Waals surface area contributed by atoms with Crippen molar-refractivity contribution in [3.05, 3.63) is 56.9 Å². The minimum Gasteiger partial charge on any atom is -0.458 e. The van der Waals surface area contributed by atoms with Gasteiger partial charge in [0.1, 0.15) is 17.4 Å². The number of thiophene rings is 1. The molecule has 4 heteroatoms. The smallest absolute Gasteiger partial charge is 0.134 e. The molecule has 2 nitrogen and oxygen atoms in total. The average Bonchev–Trinajstić information content (AvgIpc) is 2.95. The van der Waals surface area contributed by atoms with Gasteiger partial charge in [-0.3, -0.25) is 0 Å². The molecule has 1 aromatic carbocycles. The van der Waals surface area contributed by atoms with Gasteiger partial charge in [-0.15, -0.1) is 11.3 Å². The van der Waals surface area contributed by atoms with E-state index in [4.69, 9.17) is 16.0 Å². The Morgan fingerprint density at radius 2 is 2.11 bits per heavy atom. The molecule has 0 spiro atoms. The molecule has 0 radical (unpaired) electrons. The third-order valence-corrected chi connectivity index (χ3v) is 4.30.